The van der Waals surface area contributed by atoms with Gasteiger partial charge in [-0.25, -0.2) is 0 Å². The molecule has 0 N–H and O–H groups in total. The van der Waals surface area contributed by atoms with Crippen LogP contribution in [0.5, 0.6) is 0 Å². The van der Waals surface area contributed by atoms with E-state index in [-0.39, 0.29) is 12.1 Å². The van der Waals surface area contributed by atoms with E-state index >= 15 is 0 Å². The molecule has 0 heterocycles. The van der Waals surface area contributed by atoms with Crippen molar-refractivity contribution in [1.29, 1.82) is 0 Å². The minimum Gasteiger partial charge on any atom is -0.141 e. The second kappa shape index (κ2) is 3.02. The molecule has 0 saturated heterocycles. The molecule has 0 atom stereocenters. The predicted octanol–water partition coefficient (Wildman–Crippen LogP) is 1.99. The van der Waals surface area contributed by atoms with Crippen molar-refractivity contribution in [3.8, 4) is 0 Å². The van der Waals surface area contributed by atoms with Gasteiger partial charge in [0.05, 0.1) is 0 Å². The van der Waals surface area contributed by atoms with Crippen LogP contribution in [0.4, 0.5) is 4.48 Å². The van der Waals surface area contributed by atoms with Gasteiger partial charge in [0.25, 0.3) is 0 Å². The molecule has 2 heteroatoms. The number of rotatable bonds is 2. The van der Waals surface area contributed by atoms with E-state index in [0.717, 1.165) is 5.12 Å². The summed E-state index contributed by atoms with van der Waals surface area (Å²) in [5, 5.41) is 0.833. The molecule has 0 aliphatic heterocycles. The quantitative estimate of drug-likeness (QED) is 0.502. The molecule has 0 amide bonds. The first kappa shape index (κ1) is 7.89. The molecule has 0 aliphatic carbocycles. The zero-order chi connectivity index (χ0) is 6.73. The van der Waals surface area contributed by atoms with Crippen molar-refractivity contribution in [2.45, 2.75) is 39.8 Å². The zero-order valence-electron chi connectivity index (χ0n) is 5.98. The molecule has 0 fully saturated rings. The van der Waals surface area contributed by atoms with Crippen molar-refractivity contribution < 1.29 is 4.48 Å². The van der Waals surface area contributed by atoms with Gasteiger partial charge in [-0.1, -0.05) is 0 Å². The summed E-state index contributed by atoms with van der Waals surface area (Å²) < 4.78 is 12.5. The van der Waals surface area contributed by atoms with Crippen LogP contribution in [0.2, 0.25) is 0 Å². The minimum absolute atomic E-state index is 0.00926. The molecule has 0 unspecified atom stereocenters. The molecule has 0 aliphatic rings. The Morgan fingerprint density at radius 2 is 1.25 bits per heavy atom. The fourth-order valence-corrected chi connectivity index (χ4v) is 0.596. The van der Waals surface area contributed by atoms with Gasteiger partial charge < -0.3 is 0 Å². The van der Waals surface area contributed by atoms with E-state index in [9.17, 15) is 4.48 Å². The summed E-state index contributed by atoms with van der Waals surface area (Å²) in [6.45, 7) is 7.33. The first-order valence-electron chi connectivity index (χ1n) is 2.99. The fourth-order valence-electron chi connectivity index (χ4n) is 0.596. The highest BCUT2D eigenvalue weighted by Gasteiger charge is 2.10. The topological polar surface area (TPSA) is 3.24 Å². The van der Waals surface area contributed by atoms with Gasteiger partial charge in [0.15, 0.2) is 0 Å². The van der Waals surface area contributed by atoms with Crippen LogP contribution < -0.4 is 0 Å². The maximum atomic E-state index is 12.5. The highest BCUT2D eigenvalue weighted by atomic mass is 19.2. The Bertz CT molecular complexity index is 53.5. The molecule has 8 heavy (non-hydrogen) atoms. The maximum Gasteiger partial charge on any atom is 0.0348 e. The van der Waals surface area contributed by atoms with Crippen molar-refractivity contribution in [2.24, 2.45) is 0 Å². The summed E-state index contributed by atoms with van der Waals surface area (Å²) in [4.78, 5) is 0. The van der Waals surface area contributed by atoms with Gasteiger partial charge in [0, 0.05) is 12.1 Å². The standard InChI is InChI=1S/C6H14FN/c1-5(2)8(7)6(3)4/h5-6H,1-4H3. The number of halogens is 1. The Hall–Kier alpha value is -0.110. The van der Waals surface area contributed by atoms with E-state index in [0.29, 0.717) is 0 Å². The van der Waals surface area contributed by atoms with Crippen molar-refractivity contribution in [3.05, 3.63) is 0 Å². The van der Waals surface area contributed by atoms with Crippen LogP contribution in [0, 0.1) is 0 Å². The van der Waals surface area contributed by atoms with E-state index in [1.54, 1.807) is 0 Å². The van der Waals surface area contributed by atoms with Crippen molar-refractivity contribution in [2.75, 3.05) is 0 Å². The van der Waals surface area contributed by atoms with E-state index in [1.807, 2.05) is 27.7 Å². The molecule has 1 nitrogen and oxygen atoms in total. The molecule has 0 rings (SSSR count). The van der Waals surface area contributed by atoms with E-state index < -0.39 is 0 Å². The van der Waals surface area contributed by atoms with Crippen LogP contribution >= 0.6 is 0 Å². The van der Waals surface area contributed by atoms with Gasteiger partial charge in [-0.3, -0.25) is 0 Å². The number of hydrogen-bond donors (Lipinski definition) is 0. The van der Waals surface area contributed by atoms with Gasteiger partial charge in [0.2, 0.25) is 0 Å². The fraction of sp³-hybridized carbons (Fsp3) is 1.00. The molecule has 0 aromatic carbocycles. The van der Waals surface area contributed by atoms with Crippen LogP contribution in [-0.2, 0) is 0 Å². The smallest absolute Gasteiger partial charge is 0.0348 e. The third-order valence-corrected chi connectivity index (χ3v) is 0.987. The summed E-state index contributed by atoms with van der Waals surface area (Å²) in [6.07, 6.45) is 0. The third kappa shape index (κ3) is 2.26. The summed E-state index contributed by atoms with van der Waals surface area (Å²) in [5.74, 6) is 0. The second-order valence-electron chi connectivity index (χ2n) is 2.53. The lowest BCUT2D eigenvalue weighted by atomic mass is 10.3. The van der Waals surface area contributed by atoms with Crippen molar-refractivity contribution in [3.63, 3.8) is 0 Å². The second-order valence-corrected chi connectivity index (χ2v) is 2.53. The lowest BCUT2D eigenvalue weighted by Gasteiger charge is -2.18. The zero-order valence-corrected chi connectivity index (χ0v) is 5.98. The normalized spacial score (nSPS) is 12.0. The first-order valence-corrected chi connectivity index (χ1v) is 2.99. The molecule has 0 aromatic rings. The van der Waals surface area contributed by atoms with Gasteiger partial charge in [-0.2, -0.15) is 0 Å². The third-order valence-electron chi connectivity index (χ3n) is 0.987. The van der Waals surface area contributed by atoms with E-state index in [4.69, 9.17) is 0 Å². The molecule has 0 radical (unpaired) electrons. The van der Waals surface area contributed by atoms with Crippen molar-refractivity contribution in [1.82, 2.24) is 5.12 Å². The molecule has 0 saturated carbocycles. The molecule has 0 bridgehead atoms. The Labute approximate surface area is 50.4 Å². The maximum absolute atomic E-state index is 12.5. The van der Waals surface area contributed by atoms with Crippen LogP contribution in [0.3, 0.4) is 0 Å². The van der Waals surface area contributed by atoms with Gasteiger partial charge in [0.1, 0.15) is 0 Å². The highest BCUT2D eigenvalue weighted by molar-refractivity contribution is 4.55. The average molecular weight is 119 g/mol. The van der Waals surface area contributed by atoms with Gasteiger partial charge in [-0.15, -0.1) is 9.60 Å². The Morgan fingerprint density at radius 1 is 1.00 bits per heavy atom. The summed E-state index contributed by atoms with van der Waals surface area (Å²) in [5.41, 5.74) is 0. The molecule has 0 aromatic heterocycles. The molecular formula is C6H14FN. The summed E-state index contributed by atoms with van der Waals surface area (Å²) in [6, 6.07) is 0.0185. The lowest BCUT2D eigenvalue weighted by Crippen LogP contribution is -2.28. The van der Waals surface area contributed by atoms with Crippen LogP contribution in [0.15, 0.2) is 0 Å². The predicted molar refractivity (Wildman–Crippen MR) is 33.2 cm³/mol. The lowest BCUT2D eigenvalue weighted by molar-refractivity contribution is -0.0391. The highest BCUT2D eigenvalue weighted by Crippen LogP contribution is 2.03. The van der Waals surface area contributed by atoms with Gasteiger partial charge >= 0.3 is 0 Å². The SMILES string of the molecule is CC(C)N(F)C(C)C. The van der Waals surface area contributed by atoms with E-state index in [1.165, 1.54) is 0 Å². The Morgan fingerprint density at radius 3 is 1.25 bits per heavy atom. The monoisotopic (exact) mass is 119 g/mol. The summed E-state index contributed by atoms with van der Waals surface area (Å²) in [7, 11) is 0. The Balaban J connectivity index is 3.46. The van der Waals surface area contributed by atoms with E-state index in [2.05, 4.69) is 0 Å². The number of hydrogen-bond acceptors (Lipinski definition) is 1. The van der Waals surface area contributed by atoms with Crippen LogP contribution in [0.25, 0.3) is 0 Å². The van der Waals surface area contributed by atoms with Crippen LogP contribution in [-0.4, -0.2) is 17.2 Å². The molecular weight excluding hydrogens is 105 g/mol. The average Bonchev–Trinajstić information content (AvgIpc) is 1.64. The Kier molecular flexibility index (Phi) is 2.98. The largest absolute Gasteiger partial charge is 0.141 e. The van der Waals surface area contributed by atoms with Crippen LogP contribution in [0.1, 0.15) is 27.7 Å². The van der Waals surface area contributed by atoms with Crippen molar-refractivity contribution >= 4 is 0 Å². The first-order chi connectivity index (χ1) is 3.55. The number of nitrogens with zero attached hydrogens (tertiary/aromatic N) is 1. The molecule has 50 valence electrons. The minimum atomic E-state index is 0.00926. The summed E-state index contributed by atoms with van der Waals surface area (Å²) >= 11 is 0. The van der Waals surface area contributed by atoms with Gasteiger partial charge in [-0.05, 0) is 27.7 Å². The molecule has 0 spiro atoms.